The molecule has 0 N–H and O–H groups in total. The molecule has 3 heterocycles. The van der Waals surface area contributed by atoms with Crippen LogP contribution in [0.5, 0.6) is 0 Å². The van der Waals surface area contributed by atoms with E-state index in [2.05, 4.69) is 4.98 Å². The summed E-state index contributed by atoms with van der Waals surface area (Å²) in [6, 6.07) is 13.5. The number of fused-ring (bicyclic) bond motifs is 2. The molecule has 5 nitrogen and oxygen atoms in total. The van der Waals surface area contributed by atoms with E-state index in [1.807, 2.05) is 41.3 Å². The molecular formula is C21H22N2O3. The van der Waals surface area contributed by atoms with Gasteiger partial charge in [-0.2, -0.15) is 0 Å². The number of Topliss-reactive ketones (excluding diaryl/α,β-unsaturated/α-hetero) is 1. The Balaban J connectivity index is 1.39. The van der Waals surface area contributed by atoms with Gasteiger partial charge in [0.15, 0.2) is 5.78 Å². The molecule has 2 aliphatic rings. The number of aromatic nitrogens is 1. The minimum Gasteiger partial charge on any atom is -0.445 e. The van der Waals surface area contributed by atoms with Gasteiger partial charge in [0.25, 0.3) is 0 Å². The third kappa shape index (κ3) is 3.34. The third-order valence-corrected chi connectivity index (χ3v) is 5.47. The first-order valence-corrected chi connectivity index (χ1v) is 9.15. The smallest absolute Gasteiger partial charge is 0.410 e. The van der Waals surface area contributed by atoms with Crippen LogP contribution in [0.25, 0.3) is 0 Å². The van der Waals surface area contributed by atoms with Crippen LogP contribution in [0.2, 0.25) is 0 Å². The van der Waals surface area contributed by atoms with E-state index < -0.39 is 0 Å². The summed E-state index contributed by atoms with van der Waals surface area (Å²) in [7, 11) is 0. The van der Waals surface area contributed by atoms with Gasteiger partial charge in [-0.25, -0.2) is 4.79 Å². The lowest BCUT2D eigenvalue weighted by Gasteiger charge is -2.37. The second-order valence-electron chi connectivity index (χ2n) is 7.11. The monoisotopic (exact) mass is 350 g/mol. The van der Waals surface area contributed by atoms with Crippen molar-refractivity contribution in [3.05, 3.63) is 66.0 Å². The highest BCUT2D eigenvalue weighted by Gasteiger charge is 2.45. The summed E-state index contributed by atoms with van der Waals surface area (Å²) in [4.78, 5) is 31.2. The number of piperidine rings is 1. The van der Waals surface area contributed by atoms with Crippen LogP contribution in [0.15, 0.2) is 54.9 Å². The first kappa shape index (κ1) is 16.8. The Hall–Kier alpha value is -2.69. The Bertz CT molecular complexity index is 764. The number of hydrogen-bond acceptors (Lipinski definition) is 4. The van der Waals surface area contributed by atoms with E-state index in [1.165, 1.54) is 0 Å². The predicted molar refractivity (Wildman–Crippen MR) is 96.6 cm³/mol. The third-order valence-electron chi connectivity index (χ3n) is 5.47. The number of benzene rings is 1. The highest BCUT2D eigenvalue weighted by atomic mass is 16.6. The van der Waals surface area contributed by atoms with Gasteiger partial charge in [-0.1, -0.05) is 30.3 Å². The van der Waals surface area contributed by atoms with Crippen LogP contribution < -0.4 is 0 Å². The van der Waals surface area contributed by atoms with Gasteiger partial charge >= 0.3 is 6.09 Å². The first-order chi connectivity index (χ1) is 12.7. The summed E-state index contributed by atoms with van der Waals surface area (Å²) in [6.07, 6.45) is 6.36. The van der Waals surface area contributed by atoms with Crippen LogP contribution in [0.1, 0.15) is 41.6 Å². The van der Waals surface area contributed by atoms with Gasteiger partial charge < -0.3 is 9.64 Å². The molecule has 0 radical (unpaired) electrons. The van der Waals surface area contributed by atoms with E-state index in [1.54, 1.807) is 18.5 Å². The number of ether oxygens (including phenoxy) is 1. The van der Waals surface area contributed by atoms with Crippen molar-refractivity contribution in [2.45, 2.75) is 44.4 Å². The highest BCUT2D eigenvalue weighted by Crippen LogP contribution is 2.40. The Morgan fingerprint density at radius 2 is 1.77 bits per heavy atom. The van der Waals surface area contributed by atoms with Gasteiger partial charge in [-0.3, -0.25) is 9.78 Å². The van der Waals surface area contributed by atoms with E-state index in [0.717, 1.165) is 18.4 Å². The van der Waals surface area contributed by atoms with Gasteiger partial charge in [0.2, 0.25) is 0 Å². The summed E-state index contributed by atoms with van der Waals surface area (Å²) in [5.74, 6) is 0.113. The van der Waals surface area contributed by atoms with Crippen LogP contribution >= 0.6 is 0 Å². The van der Waals surface area contributed by atoms with E-state index >= 15 is 0 Å². The standard InChI is InChI=1S/C21H22N2O3/c24-20(16-7-4-10-22-13-16)17-11-18-8-9-19(12-17)23(18)21(25)26-14-15-5-2-1-3-6-15/h1-7,10,13,17-19H,8-9,11-12,14H2. The number of ketones is 1. The lowest BCUT2D eigenvalue weighted by molar-refractivity contribution is 0.0485. The van der Waals surface area contributed by atoms with Crippen molar-refractivity contribution in [2.24, 2.45) is 5.92 Å². The molecular weight excluding hydrogens is 328 g/mol. The summed E-state index contributed by atoms with van der Waals surface area (Å²) in [5, 5.41) is 0. The van der Waals surface area contributed by atoms with Crippen LogP contribution in [0, 0.1) is 5.92 Å². The molecule has 2 bridgehead atoms. The number of carbonyl (C=O) groups excluding carboxylic acids is 2. The Labute approximate surface area is 153 Å². The molecule has 134 valence electrons. The van der Waals surface area contributed by atoms with Crippen molar-refractivity contribution in [1.82, 2.24) is 9.88 Å². The molecule has 4 rings (SSSR count). The molecule has 2 fully saturated rings. The Morgan fingerprint density at radius 3 is 2.42 bits per heavy atom. The fraction of sp³-hybridized carbons (Fsp3) is 0.381. The van der Waals surface area contributed by atoms with Crippen LogP contribution in [-0.4, -0.2) is 33.8 Å². The molecule has 2 aliphatic heterocycles. The van der Waals surface area contributed by atoms with E-state index in [4.69, 9.17) is 4.74 Å². The molecule has 5 heteroatoms. The van der Waals surface area contributed by atoms with Gasteiger partial charge in [0.1, 0.15) is 6.61 Å². The SMILES string of the molecule is O=C(c1cccnc1)C1CC2CCC(C1)N2C(=O)OCc1ccccc1. The average Bonchev–Trinajstić information content (AvgIpc) is 2.96. The molecule has 1 aromatic heterocycles. The zero-order valence-electron chi connectivity index (χ0n) is 14.6. The van der Waals surface area contributed by atoms with Crippen molar-refractivity contribution >= 4 is 11.9 Å². The minimum absolute atomic E-state index is 0.0325. The topological polar surface area (TPSA) is 59.5 Å². The second kappa shape index (κ2) is 7.28. The number of hydrogen-bond donors (Lipinski definition) is 0. The maximum atomic E-state index is 12.7. The van der Waals surface area contributed by atoms with Crippen molar-refractivity contribution in [1.29, 1.82) is 0 Å². The molecule has 2 saturated heterocycles. The van der Waals surface area contributed by atoms with Crippen molar-refractivity contribution in [3.63, 3.8) is 0 Å². The van der Waals surface area contributed by atoms with Crippen molar-refractivity contribution < 1.29 is 14.3 Å². The predicted octanol–water partition coefficient (Wildman–Crippen LogP) is 3.84. The zero-order valence-corrected chi connectivity index (χ0v) is 14.6. The highest BCUT2D eigenvalue weighted by molar-refractivity contribution is 5.97. The van der Waals surface area contributed by atoms with Crippen LogP contribution in [0.3, 0.4) is 0 Å². The van der Waals surface area contributed by atoms with Gasteiger partial charge in [0, 0.05) is 36.0 Å². The van der Waals surface area contributed by atoms with Crippen LogP contribution in [0.4, 0.5) is 4.79 Å². The van der Waals surface area contributed by atoms with Gasteiger partial charge in [-0.05, 0) is 43.4 Å². The van der Waals surface area contributed by atoms with Crippen LogP contribution in [-0.2, 0) is 11.3 Å². The normalized spacial score (nSPS) is 24.3. The second-order valence-corrected chi connectivity index (χ2v) is 7.11. The quantitative estimate of drug-likeness (QED) is 0.786. The summed E-state index contributed by atoms with van der Waals surface area (Å²) < 4.78 is 5.52. The molecule has 0 spiro atoms. The number of rotatable bonds is 4. The zero-order chi connectivity index (χ0) is 17.9. The van der Waals surface area contributed by atoms with E-state index in [9.17, 15) is 9.59 Å². The summed E-state index contributed by atoms with van der Waals surface area (Å²) >= 11 is 0. The van der Waals surface area contributed by atoms with Crippen molar-refractivity contribution in [3.8, 4) is 0 Å². The fourth-order valence-corrected chi connectivity index (χ4v) is 4.23. The molecule has 2 aromatic rings. The van der Waals surface area contributed by atoms with E-state index in [-0.39, 0.29) is 36.5 Å². The van der Waals surface area contributed by atoms with Crippen molar-refractivity contribution in [2.75, 3.05) is 0 Å². The molecule has 2 atom stereocenters. The van der Waals surface area contributed by atoms with E-state index in [0.29, 0.717) is 18.4 Å². The molecule has 1 amide bonds. The fourth-order valence-electron chi connectivity index (χ4n) is 4.23. The summed E-state index contributed by atoms with van der Waals surface area (Å²) in [5.41, 5.74) is 1.65. The Morgan fingerprint density at radius 1 is 1.04 bits per heavy atom. The first-order valence-electron chi connectivity index (χ1n) is 9.15. The average molecular weight is 350 g/mol. The molecule has 26 heavy (non-hydrogen) atoms. The minimum atomic E-state index is -0.256. The lowest BCUT2D eigenvalue weighted by Crippen LogP contribution is -2.48. The van der Waals surface area contributed by atoms with Gasteiger partial charge in [-0.15, -0.1) is 0 Å². The maximum absolute atomic E-state index is 12.7. The number of amides is 1. The lowest BCUT2D eigenvalue weighted by atomic mass is 9.85. The Kier molecular flexibility index (Phi) is 4.69. The molecule has 2 unspecified atom stereocenters. The maximum Gasteiger partial charge on any atom is 0.410 e. The summed E-state index contributed by atoms with van der Waals surface area (Å²) in [6.45, 7) is 0.285. The number of pyridine rings is 1. The molecule has 0 saturated carbocycles. The number of carbonyl (C=O) groups is 2. The number of nitrogens with zero attached hydrogens (tertiary/aromatic N) is 2. The molecule has 0 aliphatic carbocycles. The van der Waals surface area contributed by atoms with Gasteiger partial charge in [0.05, 0.1) is 0 Å². The largest absolute Gasteiger partial charge is 0.445 e. The molecule has 1 aromatic carbocycles.